The average molecular weight is 247 g/mol. The minimum Gasteiger partial charge on any atom is -0.456 e. The zero-order chi connectivity index (χ0) is 13.8. The lowest BCUT2D eigenvalue weighted by molar-refractivity contribution is -0.111. The summed E-state index contributed by atoms with van der Waals surface area (Å²) in [4.78, 5) is 22.8. The number of benzene rings is 1. The molecule has 4 nitrogen and oxygen atoms in total. The van der Waals surface area contributed by atoms with Gasteiger partial charge in [-0.05, 0) is 51.1 Å². The highest BCUT2D eigenvalue weighted by Crippen LogP contribution is 2.14. The first-order valence-electron chi connectivity index (χ1n) is 5.58. The highest BCUT2D eigenvalue weighted by atomic mass is 16.6. The molecule has 0 aromatic heterocycles. The molecule has 1 aromatic rings. The molecular weight excluding hydrogens is 230 g/mol. The summed E-state index contributed by atoms with van der Waals surface area (Å²) in [5.74, 6) is -0.677. The number of ether oxygens (including phenoxy) is 1. The lowest BCUT2D eigenvalue weighted by Gasteiger charge is -2.19. The van der Waals surface area contributed by atoms with Crippen LogP contribution in [0.1, 0.15) is 31.1 Å². The highest BCUT2D eigenvalue weighted by molar-refractivity contribution is 5.99. The molecule has 4 heteroatoms. The number of nitrogens with one attached hydrogen (secondary N) is 1. The first-order valence-corrected chi connectivity index (χ1v) is 5.58. The van der Waals surface area contributed by atoms with Crippen molar-refractivity contribution in [3.63, 3.8) is 0 Å². The molecule has 0 saturated heterocycles. The number of hydrogen-bond acceptors (Lipinski definition) is 3. The second-order valence-electron chi connectivity index (χ2n) is 4.77. The van der Waals surface area contributed by atoms with E-state index in [0.717, 1.165) is 0 Å². The van der Waals surface area contributed by atoms with Crippen molar-refractivity contribution in [1.29, 1.82) is 0 Å². The van der Waals surface area contributed by atoms with Crippen LogP contribution in [-0.2, 0) is 9.53 Å². The topological polar surface area (TPSA) is 55.4 Å². The van der Waals surface area contributed by atoms with Gasteiger partial charge >= 0.3 is 5.97 Å². The summed E-state index contributed by atoms with van der Waals surface area (Å²) in [6, 6.07) is 6.49. The smallest absolute Gasteiger partial charge is 0.338 e. The van der Waals surface area contributed by atoms with Gasteiger partial charge in [0.25, 0.3) is 0 Å². The minimum absolute atomic E-state index is 0.292. The maximum absolute atomic E-state index is 11.7. The summed E-state index contributed by atoms with van der Waals surface area (Å²) in [6.45, 7) is 8.78. The van der Waals surface area contributed by atoms with E-state index in [1.54, 1.807) is 24.3 Å². The van der Waals surface area contributed by atoms with Crippen molar-refractivity contribution in [2.45, 2.75) is 26.4 Å². The Hall–Kier alpha value is -2.10. The van der Waals surface area contributed by atoms with Gasteiger partial charge < -0.3 is 10.1 Å². The predicted octanol–water partition coefficient (Wildman–Crippen LogP) is 2.77. The Morgan fingerprint density at radius 3 is 2.22 bits per heavy atom. The van der Waals surface area contributed by atoms with Gasteiger partial charge in [0.15, 0.2) is 0 Å². The third-order valence-corrected chi connectivity index (χ3v) is 1.97. The summed E-state index contributed by atoms with van der Waals surface area (Å²) >= 11 is 0. The summed E-state index contributed by atoms with van der Waals surface area (Å²) in [6.07, 6.45) is 1.18. The van der Waals surface area contributed by atoms with Crippen LogP contribution in [0.2, 0.25) is 0 Å². The average Bonchev–Trinajstić information content (AvgIpc) is 2.27. The monoisotopic (exact) mass is 247 g/mol. The Kier molecular flexibility index (Phi) is 4.26. The van der Waals surface area contributed by atoms with Gasteiger partial charge in [-0.3, -0.25) is 4.79 Å². The predicted molar refractivity (Wildman–Crippen MR) is 70.4 cm³/mol. The second-order valence-corrected chi connectivity index (χ2v) is 4.77. The van der Waals surface area contributed by atoms with Crippen molar-refractivity contribution in [2.24, 2.45) is 0 Å². The molecule has 0 aliphatic rings. The molecule has 0 unspecified atom stereocenters. The summed E-state index contributed by atoms with van der Waals surface area (Å²) in [5.41, 5.74) is 0.529. The maximum Gasteiger partial charge on any atom is 0.338 e. The molecule has 1 rings (SSSR count). The number of rotatable bonds is 3. The van der Waals surface area contributed by atoms with Gasteiger partial charge in [-0.15, -0.1) is 0 Å². The van der Waals surface area contributed by atoms with Crippen molar-refractivity contribution in [1.82, 2.24) is 0 Å². The molecule has 1 N–H and O–H groups in total. The molecule has 18 heavy (non-hydrogen) atoms. The zero-order valence-corrected chi connectivity index (χ0v) is 10.8. The van der Waals surface area contributed by atoms with Gasteiger partial charge in [-0.2, -0.15) is 0 Å². The fourth-order valence-electron chi connectivity index (χ4n) is 1.22. The van der Waals surface area contributed by atoms with Crippen molar-refractivity contribution < 1.29 is 14.3 Å². The van der Waals surface area contributed by atoms with Crippen LogP contribution in [-0.4, -0.2) is 17.5 Å². The third-order valence-electron chi connectivity index (χ3n) is 1.97. The number of hydrogen-bond donors (Lipinski definition) is 1. The molecule has 0 radical (unpaired) electrons. The van der Waals surface area contributed by atoms with Crippen LogP contribution >= 0.6 is 0 Å². The normalized spacial score (nSPS) is 10.6. The van der Waals surface area contributed by atoms with E-state index in [1.165, 1.54) is 6.08 Å². The van der Waals surface area contributed by atoms with Crippen LogP contribution in [0.3, 0.4) is 0 Å². The van der Waals surface area contributed by atoms with E-state index in [2.05, 4.69) is 11.9 Å². The molecule has 0 heterocycles. The van der Waals surface area contributed by atoms with Crippen LogP contribution in [0.4, 0.5) is 5.69 Å². The summed E-state index contributed by atoms with van der Waals surface area (Å²) in [7, 11) is 0. The molecule has 96 valence electrons. The Morgan fingerprint density at radius 1 is 1.22 bits per heavy atom. The van der Waals surface area contributed by atoms with Crippen LogP contribution in [0.5, 0.6) is 0 Å². The van der Waals surface area contributed by atoms with Crippen LogP contribution in [0.15, 0.2) is 36.9 Å². The molecule has 1 amide bonds. The standard InChI is InChI=1S/C14H17NO3/c1-5-12(16)15-11-8-6-10(7-9-11)13(17)18-14(2,3)4/h5-9H,1H2,2-4H3,(H,15,16). The fraction of sp³-hybridized carbons (Fsp3) is 0.286. The van der Waals surface area contributed by atoms with E-state index in [0.29, 0.717) is 11.3 Å². The van der Waals surface area contributed by atoms with E-state index in [-0.39, 0.29) is 11.9 Å². The van der Waals surface area contributed by atoms with Crippen LogP contribution in [0, 0.1) is 0 Å². The zero-order valence-electron chi connectivity index (χ0n) is 10.8. The summed E-state index contributed by atoms with van der Waals surface area (Å²) < 4.78 is 5.22. The lowest BCUT2D eigenvalue weighted by atomic mass is 10.1. The molecule has 0 atom stereocenters. The van der Waals surface area contributed by atoms with E-state index in [4.69, 9.17) is 4.74 Å². The molecular formula is C14H17NO3. The molecule has 0 spiro atoms. The van der Waals surface area contributed by atoms with Gasteiger partial charge in [0.05, 0.1) is 5.56 Å². The number of carbonyl (C=O) groups excluding carboxylic acids is 2. The molecule has 0 fully saturated rings. The largest absolute Gasteiger partial charge is 0.456 e. The first-order chi connectivity index (χ1) is 8.31. The Morgan fingerprint density at radius 2 is 1.78 bits per heavy atom. The van der Waals surface area contributed by atoms with Crippen molar-refractivity contribution >= 4 is 17.6 Å². The molecule has 0 aliphatic carbocycles. The van der Waals surface area contributed by atoms with Crippen LogP contribution in [0.25, 0.3) is 0 Å². The second kappa shape index (κ2) is 5.49. The minimum atomic E-state index is -0.521. The lowest BCUT2D eigenvalue weighted by Crippen LogP contribution is -2.23. The van der Waals surface area contributed by atoms with Gasteiger partial charge in [-0.25, -0.2) is 4.79 Å². The van der Waals surface area contributed by atoms with Crippen molar-refractivity contribution in [3.8, 4) is 0 Å². The third kappa shape index (κ3) is 4.41. The van der Waals surface area contributed by atoms with E-state index in [1.807, 2.05) is 20.8 Å². The number of carbonyl (C=O) groups is 2. The quantitative estimate of drug-likeness (QED) is 0.660. The Labute approximate surface area is 107 Å². The number of esters is 1. The SMILES string of the molecule is C=CC(=O)Nc1ccc(C(=O)OC(C)(C)C)cc1. The summed E-state index contributed by atoms with van der Waals surface area (Å²) in [5, 5.41) is 2.60. The van der Waals surface area contributed by atoms with Gasteiger partial charge in [0.2, 0.25) is 5.91 Å². The Balaban J connectivity index is 2.74. The van der Waals surface area contributed by atoms with Gasteiger partial charge in [0.1, 0.15) is 5.60 Å². The molecule has 0 aliphatic heterocycles. The highest BCUT2D eigenvalue weighted by Gasteiger charge is 2.17. The molecule has 1 aromatic carbocycles. The van der Waals surface area contributed by atoms with Gasteiger partial charge in [0, 0.05) is 5.69 Å². The van der Waals surface area contributed by atoms with E-state index < -0.39 is 5.60 Å². The van der Waals surface area contributed by atoms with Crippen molar-refractivity contribution in [2.75, 3.05) is 5.32 Å². The van der Waals surface area contributed by atoms with Crippen molar-refractivity contribution in [3.05, 3.63) is 42.5 Å². The number of amides is 1. The molecule has 0 saturated carbocycles. The maximum atomic E-state index is 11.7. The van der Waals surface area contributed by atoms with Gasteiger partial charge in [-0.1, -0.05) is 6.58 Å². The molecule has 0 bridgehead atoms. The van der Waals surface area contributed by atoms with E-state index >= 15 is 0 Å². The van der Waals surface area contributed by atoms with Crippen LogP contribution < -0.4 is 5.32 Å². The fourth-order valence-corrected chi connectivity index (χ4v) is 1.22. The number of anilines is 1. The van der Waals surface area contributed by atoms with E-state index in [9.17, 15) is 9.59 Å². The first kappa shape index (κ1) is 14.0. The Bertz CT molecular complexity index is 455.